The van der Waals surface area contributed by atoms with Crippen LogP contribution in [0.1, 0.15) is 110 Å². The van der Waals surface area contributed by atoms with Gasteiger partial charge in [0.05, 0.1) is 6.10 Å². The molecule has 1 unspecified atom stereocenters. The number of hydrogen-bond donors (Lipinski definition) is 2. The van der Waals surface area contributed by atoms with Crippen LogP contribution >= 0.6 is 0 Å². The van der Waals surface area contributed by atoms with Crippen molar-refractivity contribution < 1.29 is 15.0 Å². The van der Waals surface area contributed by atoms with Gasteiger partial charge in [0.1, 0.15) is 0 Å². The predicted octanol–water partition coefficient (Wildman–Crippen LogP) is 5.69. The van der Waals surface area contributed by atoms with Gasteiger partial charge in [0.2, 0.25) is 0 Å². The van der Waals surface area contributed by atoms with Crippen molar-refractivity contribution in [1.29, 1.82) is 0 Å². The Morgan fingerprint density at radius 3 is 1.59 bits per heavy atom. The maximum atomic E-state index is 10.4. The Labute approximate surface area is 137 Å². The number of aliphatic hydroxyl groups is 1. The molecule has 0 aromatic rings. The highest BCUT2D eigenvalue weighted by atomic mass is 16.4. The smallest absolute Gasteiger partial charge is 0.303 e. The number of hydrogen-bond acceptors (Lipinski definition) is 2. The van der Waals surface area contributed by atoms with Gasteiger partial charge < -0.3 is 10.2 Å². The van der Waals surface area contributed by atoms with Crippen LogP contribution in [0.5, 0.6) is 0 Å². The summed E-state index contributed by atoms with van der Waals surface area (Å²) in [5.41, 5.74) is 0. The predicted molar refractivity (Wildman–Crippen MR) is 93.2 cm³/mol. The molecule has 0 bridgehead atoms. The van der Waals surface area contributed by atoms with E-state index in [1.807, 2.05) is 0 Å². The highest BCUT2D eigenvalue weighted by Crippen LogP contribution is 2.14. The molecule has 0 saturated carbocycles. The largest absolute Gasteiger partial charge is 0.481 e. The molecule has 3 nitrogen and oxygen atoms in total. The molecular formula is C19H38O3. The van der Waals surface area contributed by atoms with E-state index in [9.17, 15) is 9.90 Å². The second-order valence-corrected chi connectivity index (χ2v) is 6.62. The van der Waals surface area contributed by atoms with E-state index in [0.717, 1.165) is 38.5 Å². The molecule has 0 fully saturated rings. The summed E-state index contributed by atoms with van der Waals surface area (Å²) in [5.74, 6) is -0.677. The van der Waals surface area contributed by atoms with E-state index in [-0.39, 0.29) is 6.10 Å². The zero-order chi connectivity index (χ0) is 16.5. The van der Waals surface area contributed by atoms with Gasteiger partial charge in [0, 0.05) is 6.42 Å². The summed E-state index contributed by atoms with van der Waals surface area (Å²) >= 11 is 0. The first-order valence-corrected chi connectivity index (χ1v) is 9.56. The van der Waals surface area contributed by atoms with E-state index in [1.54, 1.807) is 0 Å². The molecule has 0 aliphatic rings. The number of unbranched alkanes of at least 4 members (excludes halogenated alkanes) is 11. The Morgan fingerprint density at radius 2 is 1.14 bits per heavy atom. The number of aliphatic carboxylic acids is 1. The average molecular weight is 315 g/mol. The summed E-state index contributed by atoms with van der Waals surface area (Å²) in [4.78, 5) is 10.4. The minimum Gasteiger partial charge on any atom is -0.481 e. The molecule has 22 heavy (non-hydrogen) atoms. The van der Waals surface area contributed by atoms with Crippen LogP contribution in [0.3, 0.4) is 0 Å². The zero-order valence-electron chi connectivity index (χ0n) is 14.7. The molecule has 0 amide bonds. The molecule has 0 rings (SSSR count). The lowest BCUT2D eigenvalue weighted by Crippen LogP contribution is -2.05. The number of rotatable bonds is 17. The lowest BCUT2D eigenvalue weighted by Gasteiger charge is -2.10. The maximum absolute atomic E-state index is 10.4. The van der Waals surface area contributed by atoms with Gasteiger partial charge in [-0.05, 0) is 19.3 Å². The molecule has 0 saturated heterocycles. The third-order valence-electron chi connectivity index (χ3n) is 4.32. The van der Waals surface area contributed by atoms with Crippen LogP contribution in [0, 0.1) is 0 Å². The van der Waals surface area contributed by atoms with Gasteiger partial charge in [-0.1, -0.05) is 84.0 Å². The van der Waals surface area contributed by atoms with Crippen molar-refractivity contribution >= 4 is 5.97 Å². The standard InChI is InChI=1S/C19H38O3/c1-2-3-4-9-12-15-18(20)16-13-10-7-5-6-8-11-14-17-19(21)22/h18,20H,2-17H2,1H3,(H,21,22). The van der Waals surface area contributed by atoms with E-state index in [4.69, 9.17) is 5.11 Å². The molecular weight excluding hydrogens is 276 g/mol. The first kappa shape index (κ1) is 21.4. The third-order valence-corrected chi connectivity index (χ3v) is 4.32. The van der Waals surface area contributed by atoms with Crippen molar-refractivity contribution in [3.8, 4) is 0 Å². The van der Waals surface area contributed by atoms with E-state index in [0.29, 0.717) is 6.42 Å². The second-order valence-electron chi connectivity index (χ2n) is 6.62. The van der Waals surface area contributed by atoms with Gasteiger partial charge in [-0.2, -0.15) is 0 Å². The molecule has 132 valence electrons. The molecule has 0 spiro atoms. The number of carboxylic acid groups (broad SMARTS) is 1. The minimum atomic E-state index is -0.677. The van der Waals surface area contributed by atoms with Crippen LogP contribution in [0.2, 0.25) is 0 Å². The number of carbonyl (C=O) groups is 1. The average Bonchev–Trinajstić information content (AvgIpc) is 2.48. The van der Waals surface area contributed by atoms with Crippen molar-refractivity contribution in [3.63, 3.8) is 0 Å². The van der Waals surface area contributed by atoms with Gasteiger partial charge in [-0.3, -0.25) is 4.79 Å². The highest BCUT2D eigenvalue weighted by Gasteiger charge is 2.03. The summed E-state index contributed by atoms with van der Waals surface area (Å²) in [6, 6.07) is 0. The Balaban J connectivity index is 3.13. The van der Waals surface area contributed by atoms with Crippen molar-refractivity contribution in [1.82, 2.24) is 0 Å². The van der Waals surface area contributed by atoms with Crippen LogP contribution in [-0.2, 0) is 4.79 Å². The molecule has 0 radical (unpaired) electrons. The van der Waals surface area contributed by atoms with Gasteiger partial charge >= 0.3 is 5.97 Å². The Kier molecular flexibility index (Phi) is 16.4. The first-order valence-electron chi connectivity index (χ1n) is 9.56. The zero-order valence-corrected chi connectivity index (χ0v) is 14.7. The van der Waals surface area contributed by atoms with E-state index in [2.05, 4.69) is 6.92 Å². The molecule has 0 aliphatic carbocycles. The van der Waals surface area contributed by atoms with Crippen LogP contribution in [-0.4, -0.2) is 22.3 Å². The maximum Gasteiger partial charge on any atom is 0.303 e. The summed E-state index contributed by atoms with van der Waals surface area (Å²) in [5, 5.41) is 18.4. The van der Waals surface area contributed by atoms with Crippen LogP contribution in [0.15, 0.2) is 0 Å². The quantitative estimate of drug-likeness (QED) is 0.339. The Hall–Kier alpha value is -0.570. The fourth-order valence-corrected chi connectivity index (χ4v) is 2.84. The lowest BCUT2D eigenvalue weighted by atomic mass is 10.0. The number of aliphatic hydroxyl groups excluding tert-OH is 1. The topological polar surface area (TPSA) is 57.5 Å². The molecule has 1 atom stereocenters. The fourth-order valence-electron chi connectivity index (χ4n) is 2.84. The van der Waals surface area contributed by atoms with Crippen LogP contribution in [0.4, 0.5) is 0 Å². The monoisotopic (exact) mass is 314 g/mol. The normalized spacial score (nSPS) is 12.5. The van der Waals surface area contributed by atoms with Crippen molar-refractivity contribution in [2.24, 2.45) is 0 Å². The molecule has 0 aromatic heterocycles. The highest BCUT2D eigenvalue weighted by molar-refractivity contribution is 5.66. The van der Waals surface area contributed by atoms with Gasteiger partial charge in [-0.15, -0.1) is 0 Å². The Morgan fingerprint density at radius 1 is 0.727 bits per heavy atom. The van der Waals surface area contributed by atoms with Crippen molar-refractivity contribution in [2.75, 3.05) is 0 Å². The van der Waals surface area contributed by atoms with Crippen molar-refractivity contribution in [2.45, 2.75) is 116 Å². The molecule has 0 aromatic carbocycles. The second kappa shape index (κ2) is 16.8. The van der Waals surface area contributed by atoms with Gasteiger partial charge in [-0.25, -0.2) is 0 Å². The third kappa shape index (κ3) is 17.5. The lowest BCUT2D eigenvalue weighted by molar-refractivity contribution is -0.137. The van der Waals surface area contributed by atoms with E-state index in [1.165, 1.54) is 57.8 Å². The number of carboxylic acids is 1. The molecule has 3 heteroatoms. The summed E-state index contributed by atoms with van der Waals surface area (Å²) in [6.07, 6.45) is 17.7. The van der Waals surface area contributed by atoms with Crippen molar-refractivity contribution in [3.05, 3.63) is 0 Å². The summed E-state index contributed by atoms with van der Waals surface area (Å²) in [7, 11) is 0. The molecule has 2 N–H and O–H groups in total. The van der Waals surface area contributed by atoms with Crippen LogP contribution in [0.25, 0.3) is 0 Å². The molecule has 0 heterocycles. The Bertz CT molecular complexity index is 241. The van der Waals surface area contributed by atoms with Gasteiger partial charge in [0.25, 0.3) is 0 Å². The fraction of sp³-hybridized carbons (Fsp3) is 0.947. The SMILES string of the molecule is CCCCCCCC(O)CCCCCCCCCCC(=O)O. The minimum absolute atomic E-state index is 0.0855. The van der Waals surface area contributed by atoms with E-state index >= 15 is 0 Å². The van der Waals surface area contributed by atoms with Crippen LogP contribution < -0.4 is 0 Å². The first-order chi connectivity index (χ1) is 10.7. The van der Waals surface area contributed by atoms with Gasteiger partial charge in [0.15, 0.2) is 0 Å². The molecule has 0 aliphatic heterocycles. The van der Waals surface area contributed by atoms with E-state index < -0.39 is 5.97 Å². The summed E-state index contributed by atoms with van der Waals surface area (Å²) < 4.78 is 0. The summed E-state index contributed by atoms with van der Waals surface area (Å²) in [6.45, 7) is 2.23.